The van der Waals surface area contributed by atoms with E-state index in [1.807, 2.05) is 41.5 Å². The van der Waals surface area contributed by atoms with Crippen molar-refractivity contribution < 1.29 is 0 Å². The highest BCUT2D eigenvalue weighted by Gasteiger charge is 2.16. The molecule has 0 N–H and O–H groups in total. The highest BCUT2D eigenvalue weighted by atomic mass is 15.3. The van der Waals surface area contributed by atoms with E-state index in [9.17, 15) is 0 Å². The standard InChI is InChI=1S/C16H18.C14H22N2.C7H17N.C7H16.3C2H6/c1-12(2)14-8-10-16(11-9-14)15-6-4-13(3)5-7-15;1-3-8-15-9-11-16(12-10-15)14-6-4-13(2)5-7-14;1-4-6-8(3)7-5-2;1-5-6-7(2,3)4;3*1-2/h4-12H,1-3H3;4-7H,3,8-12H2,1-2H3;4-7H2,1-3H3;5-6H2,1-4H3;3*1-2H3. The molecule has 0 aliphatic carbocycles. The molecule has 1 fully saturated rings. The Kier molecular flexibility index (Phi) is 36.2. The molecular formula is C50H91N3. The minimum Gasteiger partial charge on any atom is -0.369 e. The molecule has 0 bridgehead atoms. The smallest absolute Gasteiger partial charge is 0.0367 e. The average molecular weight is 734 g/mol. The molecule has 0 unspecified atom stereocenters. The lowest BCUT2D eigenvalue weighted by atomic mass is 9.91. The molecule has 3 aromatic carbocycles. The first-order chi connectivity index (χ1) is 25.3. The molecule has 3 heteroatoms. The number of rotatable bonds is 10. The van der Waals surface area contributed by atoms with E-state index in [1.165, 1.54) is 111 Å². The van der Waals surface area contributed by atoms with Crippen molar-refractivity contribution in [2.75, 3.05) is 57.8 Å². The molecule has 0 radical (unpaired) electrons. The van der Waals surface area contributed by atoms with Gasteiger partial charge in [0, 0.05) is 31.9 Å². The zero-order valence-corrected chi connectivity index (χ0v) is 38.8. The number of benzene rings is 3. The topological polar surface area (TPSA) is 9.72 Å². The molecule has 53 heavy (non-hydrogen) atoms. The first-order valence-electron chi connectivity index (χ1n) is 21.7. The molecule has 1 saturated heterocycles. The Labute approximate surface area is 334 Å². The highest BCUT2D eigenvalue weighted by molar-refractivity contribution is 5.64. The quantitative estimate of drug-likeness (QED) is 0.205. The van der Waals surface area contributed by atoms with Gasteiger partial charge in [0.05, 0.1) is 0 Å². The monoisotopic (exact) mass is 734 g/mol. The van der Waals surface area contributed by atoms with Gasteiger partial charge < -0.3 is 9.80 Å². The van der Waals surface area contributed by atoms with Crippen LogP contribution in [0, 0.1) is 19.3 Å². The van der Waals surface area contributed by atoms with Gasteiger partial charge in [-0.2, -0.15) is 0 Å². The Morgan fingerprint density at radius 3 is 1.28 bits per heavy atom. The fourth-order valence-corrected chi connectivity index (χ4v) is 5.73. The van der Waals surface area contributed by atoms with Gasteiger partial charge >= 0.3 is 0 Å². The molecule has 1 aliphatic heterocycles. The van der Waals surface area contributed by atoms with Gasteiger partial charge in [-0.05, 0) is 106 Å². The molecule has 0 amide bonds. The van der Waals surface area contributed by atoms with Gasteiger partial charge in [0.1, 0.15) is 0 Å². The van der Waals surface area contributed by atoms with E-state index in [1.54, 1.807) is 0 Å². The largest absolute Gasteiger partial charge is 0.369 e. The number of hydrogen-bond acceptors (Lipinski definition) is 3. The van der Waals surface area contributed by atoms with Crippen molar-refractivity contribution in [2.45, 2.75) is 156 Å². The Bertz CT molecular complexity index is 1140. The van der Waals surface area contributed by atoms with E-state index in [0.29, 0.717) is 11.3 Å². The fraction of sp³-hybridized carbons (Fsp3) is 0.640. The van der Waals surface area contributed by atoms with Crippen molar-refractivity contribution in [1.29, 1.82) is 0 Å². The van der Waals surface area contributed by atoms with E-state index in [4.69, 9.17) is 0 Å². The summed E-state index contributed by atoms with van der Waals surface area (Å²) >= 11 is 0. The van der Waals surface area contributed by atoms with Crippen molar-refractivity contribution in [3.63, 3.8) is 0 Å². The first kappa shape index (κ1) is 54.7. The number of piperazine rings is 1. The van der Waals surface area contributed by atoms with Crippen LogP contribution in [0.15, 0.2) is 72.8 Å². The van der Waals surface area contributed by atoms with Crippen molar-refractivity contribution in [1.82, 2.24) is 9.80 Å². The van der Waals surface area contributed by atoms with Gasteiger partial charge in [0.25, 0.3) is 0 Å². The maximum Gasteiger partial charge on any atom is 0.0367 e. The van der Waals surface area contributed by atoms with E-state index in [-0.39, 0.29) is 0 Å². The molecule has 4 rings (SSSR count). The third-order valence-corrected chi connectivity index (χ3v) is 8.48. The Hall–Kier alpha value is -2.62. The summed E-state index contributed by atoms with van der Waals surface area (Å²) in [5, 5.41) is 0. The number of aryl methyl sites for hydroxylation is 2. The number of nitrogens with zero attached hydrogens (tertiary/aromatic N) is 3. The molecule has 0 atom stereocenters. The second kappa shape index (κ2) is 35.1. The predicted molar refractivity (Wildman–Crippen MR) is 247 cm³/mol. The van der Waals surface area contributed by atoms with Gasteiger partial charge in [0.2, 0.25) is 0 Å². The van der Waals surface area contributed by atoms with Crippen molar-refractivity contribution in [2.24, 2.45) is 5.41 Å². The molecule has 0 spiro atoms. The second-order valence-electron chi connectivity index (χ2n) is 14.9. The Morgan fingerprint density at radius 1 is 0.566 bits per heavy atom. The van der Waals surface area contributed by atoms with Crippen LogP contribution in [0.1, 0.15) is 159 Å². The zero-order valence-electron chi connectivity index (χ0n) is 38.8. The third kappa shape index (κ3) is 28.5. The minimum absolute atomic E-state index is 0.550. The van der Waals surface area contributed by atoms with Crippen LogP contribution in [0.3, 0.4) is 0 Å². The summed E-state index contributed by atoms with van der Waals surface area (Å²) in [4.78, 5) is 7.41. The van der Waals surface area contributed by atoms with Crippen molar-refractivity contribution in [3.8, 4) is 11.1 Å². The summed E-state index contributed by atoms with van der Waals surface area (Å²) in [6.45, 7) is 44.9. The van der Waals surface area contributed by atoms with Crippen molar-refractivity contribution >= 4 is 5.69 Å². The molecule has 1 aliphatic rings. The normalized spacial score (nSPS) is 12.1. The average Bonchev–Trinajstić information content (AvgIpc) is 3.16. The lowest BCUT2D eigenvalue weighted by Gasteiger charge is -2.36. The van der Waals surface area contributed by atoms with E-state index in [0.717, 1.165) is 0 Å². The maximum absolute atomic E-state index is 2.56. The molecule has 1 heterocycles. The van der Waals surface area contributed by atoms with Crippen LogP contribution in [0.4, 0.5) is 5.69 Å². The van der Waals surface area contributed by atoms with Crippen LogP contribution >= 0.6 is 0 Å². The summed E-state index contributed by atoms with van der Waals surface area (Å²) in [6.07, 6.45) is 6.47. The molecule has 0 aromatic heterocycles. The van der Waals surface area contributed by atoms with E-state index < -0.39 is 0 Å². The van der Waals surface area contributed by atoms with Gasteiger partial charge in [-0.15, -0.1) is 0 Å². The van der Waals surface area contributed by atoms with Gasteiger partial charge in [-0.25, -0.2) is 0 Å². The summed E-state index contributed by atoms with van der Waals surface area (Å²) in [5.74, 6) is 0.604. The molecular weight excluding hydrogens is 643 g/mol. The van der Waals surface area contributed by atoms with Gasteiger partial charge in [0.15, 0.2) is 0 Å². The SMILES string of the molecule is CC.CC.CC.CCCC(C)(C)C.CCCN(C)CCC.CCCN1CCN(c2ccc(C)cc2)CC1.Cc1ccc(-c2ccc(C(C)C)cc2)cc1. The predicted octanol–water partition coefficient (Wildman–Crippen LogP) is 15.0. The van der Waals surface area contributed by atoms with Crippen LogP contribution in [0.25, 0.3) is 11.1 Å². The zero-order chi connectivity index (χ0) is 41.2. The van der Waals surface area contributed by atoms with E-state index in [2.05, 4.69) is 171 Å². The summed E-state index contributed by atoms with van der Waals surface area (Å²) in [7, 11) is 2.17. The Balaban J connectivity index is -0.000000632. The molecule has 306 valence electrons. The van der Waals surface area contributed by atoms with E-state index >= 15 is 0 Å². The maximum atomic E-state index is 2.56. The lowest BCUT2D eigenvalue weighted by molar-refractivity contribution is 0.258. The Morgan fingerprint density at radius 2 is 0.962 bits per heavy atom. The van der Waals surface area contributed by atoms with Crippen LogP contribution in [0.5, 0.6) is 0 Å². The second-order valence-corrected chi connectivity index (χ2v) is 14.9. The summed E-state index contributed by atoms with van der Waals surface area (Å²) < 4.78 is 0. The van der Waals surface area contributed by atoms with Crippen LogP contribution in [0.2, 0.25) is 0 Å². The third-order valence-electron chi connectivity index (χ3n) is 8.48. The molecule has 0 saturated carbocycles. The fourth-order valence-electron chi connectivity index (χ4n) is 5.73. The number of anilines is 1. The summed E-state index contributed by atoms with van der Waals surface area (Å²) in [6, 6.07) is 26.4. The van der Waals surface area contributed by atoms with Gasteiger partial charge in [-0.3, -0.25) is 4.90 Å². The summed E-state index contributed by atoms with van der Waals surface area (Å²) in [5.41, 5.74) is 8.56. The van der Waals surface area contributed by atoms with Crippen LogP contribution in [-0.2, 0) is 0 Å². The minimum atomic E-state index is 0.550. The highest BCUT2D eigenvalue weighted by Crippen LogP contribution is 2.23. The van der Waals surface area contributed by atoms with Crippen LogP contribution < -0.4 is 4.90 Å². The number of hydrogen-bond donors (Lipinski definition) is 0. The lowest BCUT2D eigenvalue weighted by Crippen LogP contribution is -2.46. The molecule has 3 nitrogen and oxygen atoms in total. The van der Waals surface area contributed by atoms with Gasteiger partial charge in [-0.1, -0.05) is 182 Å². The van der Waals surface area contributed by atoms with Crippen molar-refractivity contribution in [3.05, 3.63) is 89.5 Å². The first-order valence-corrected chi connectivity index (χ1v) is 21.7. The van der Waals surface area contributed by atoms with Crippen LogP contribution in [-0.4, -0.2) is 62.7 Å². The molecule has 3 aromatic rings.